The summed E-state index contributed by atoms with van der Waals surface area (Å²) in [5.74, 6) is -0.702. The van der Waals surface area contributed by atoms with Crippen molar-refractivity contribution in [1.29, 1.82) is 0 Å². The van der Waals surface area contributed by atoms with Crippen LogP contribution < -0.4 is 11.1 Å². The molecule has 0 aliphatic carbocycles. The Morgan fingerprint density at radius 1 is 1.64 bits per heavy atom. The van der Waals surface area contributed by atoms with Crippen molar-refractivity contribution in [3.05, 3.63) is 24.3 Å². The lowest BCUT2D eigenvalue weighted by Crippen LogP contribution is -2.30. The molecule has 0 heterocycles. The van der Waals surface area contributed by atoms with Gasteiger partial charge in [-0.2, -0.15) is 12.6 Å². The Morgan fingerprint density at radius 2 is 2.36 bits per heavy atom. The topological polar surface area (TPSA) is 75.3 Å². The third kappa shape index (κ3) is 2.85. The molecule has 0 saturated carbocycles. The number of nitrogens with one attached hydrogen (secondary N) is 1. The highest BCUT2D eigenvalue weighted by molar-refractivity contribution is 7.80. The minimum Gasteiger partial charge on any atom is -0.480 e. The van der Waals surface area contributed by atoms with E-state index in [0.717, 1.165) is 0 Å². The summed E-state index contributed by atoms with van der Waals surface area (Å²) in [6.07, 6.45) is 0. The molecule has 0 saturated heterocycles. The monoisotopic (exact) mass is 212 g/mol. The lowest BCUT2D eigenvalue weighted by molar-refractivity contribution is -0.137. The van der Waals surface area contributed by atoms with Crippen LogP contribution in [0.4, 0.5) is 11.4 Å². The van der Waals surface area contributed by atoms with E-state index < -0.39 is 12.0 Å². The average Bonchev–Trinajstić information content (AvgIpc) is 2.14. The van der Waals surface area contributed by atoms with Crippen LogP contribution in [-0.2, 0) is 4.79 Å². The molecule has 0 bridgehead atoms. The second-order valence-electron chi connectivity index (χ2n) is 2.84. The Labute approximate surface area is 87.5 Å². The van der Waals surface area contributed by atoms with Crippen molar-refractivity contribution in [3.8, 4) is 0 Å². The van der Waals surface area contributed by atoms with Gasteiger partial charge < -0.3 is 16.2 Å². The summed E-state index contributed by atoms with van der Waals surface area (Å²) in [5.41, 5.74) is 6.83. The smallest absolute Gasteiger partial charge is 0.326 e. The normalized spacial score (nSPS) is 12.1. The number of hydrogen-bond donors (Lipinski definition) is 4. The van der Waals surface area contributed by atoms with Crippen LogP contribution >= 0.6 is 12.6 Å². The van der Waals surface area contributed by atoms with Gasteiger partial charge in [0.25, 0.3) is 0 Å². The first-order valence-corrected chi connectivity index (χ1v) is 4.72. The zero-order valence-electron chi connectivity index (χ0n) is 7.47. The van der Waals surface area contributed by atoms with Gasteiger partial charge >= 0.3 is 5.97 Å². The highest BCUT2D eigenvalue weighted by atomic mass is 32.1. The number of carbonyl (C=O) groups is 1. The van der Waals surface area contributed by atoms with Gasteiger partial charge in [0.05, 0.1) is 0 Å². The summed E-state index contributed by atoms with van der Waals surface area (Å²) in [5, 5.41) is 11.6. The average molecular weight is 212 g/mol. The second-order valence-corrected chi connectivity index (χ2v) is 3.21. The number of thiol groups is 1. The fraction of sp³-hybridized carbons (Fsp3) is 0.222. The third-order valence-corrected chi connectivity index (χ3v) is 2.07. The standard InChI is InChI=1S/C9H12N2O2S/c10-6-2-1-3-7(4-6)11-8(5-14)9(12)13/h1-4,8,11,14H,5,10H2,(H,12,13)/t8-/m0/s1. The maximum atomic E-state index is 10.7. The minimum absolute atomic E-state index is 0.226. The van der Waals surface area contributed by atoms with E-state index in [4.69, 9.17) is 10.8 Å². The number of carboxylic acid groups (broad SMARTS) is 1. The van der Waals surface area contributed by atoms with Crippen molar-refractivity contribution in [2.75, 3.05) is 16.8 Å². The summed E-state index contributed by atoms with van der Waals surface area (Å²) < 4.78 is 0. The molecular formula is C9H12N2O2S. The first-order valence-electron chi connectivity index (χ1n) is 4.09. The maximum Gasteiger partial charge on any atom is 0.326 e. The van der Waals surface area contributed by atoms with E-state index in [0.29, 0.717) is 11.4 Å². The second kappa shape index (κ2) is 4.76. The number of benzene rings is 1. The van der Waals surface area contributed by atoms with Crippen molar-refractivity contribution in [1.82, 2.24) is 0 Å². The molecule has 0 unspecified atom stereocenters. The van der Waals surface area contributed by atoms with Gasteiger partial charge in [-0.3, -0.25) is 0 Å². The van der Waals surface area contributed by atoms with Crippen molar-refractivity contribution in [2.45, 2.75) is 6.04 Å². The molecule has 4 N–H and O–H groups in total. The lowest BCUT2D eigenvalue weighted by atomic mass is 10.2. The summed E-state index contributed by atoms with van der Waals surface area (Å²) >= 11 is 3.94. The number of rotatable bonds is 4. The fourth-order valence-electron chi connectivity index (χ4n) is 1.02. The zero-order chi connectivity index (χ0) is 10.6. The molecule has 1 atom stereocenters. The molecule has 0 amide bonds. The van der Waals surface area contributed by atoms with Gasteiger partial charge in [-0.15, -0.1) is 0 Å². The highest BCUT2D eigenvalue weighted by Gasteiger charge is 2.14. The molecular weight excluding hydrogens is 200 g/mol. The lowest BCUT2D eigenvalue weighted by Gasteiger charge is -2.13. The Bertz CT molecular complexity index is 330. The Balaban J connectivity index is 2.72. The Hall–Kier alpha value is -1.36. The van der Waals surface area contributed by atoms with Crippen molar-refractivity contribution < 1.29 is 9.90 Å². The Kier molecular flexibility index (Phi) is 3.64. The van der Waals surface area contributed by atoms with Gasteiger partial charge in [-0.25, -0.2) is 4.79 Å². The molecule has 0 aliphatic heterocycles. The number of nitrogen functional groups attached to an aromatic ring is 1. The largest absolute Gasteiger partial charge is 0.480 e. The summed E-state index contributed by atoms with van der Waals surface area (Å²) in [4.78, 5) is 10.7. The van der Waals surface area contributed by atoms with Gasteiger partial charge in [0, 0.05) is 17.1 Å². The van der Waals surface area contributed by atoms with Crippen molar-refractivity contribution in [2.24, 2.45) is 0 Å². The molecule has 0 fully saturated rings. The van der Waals surface area contributed by atoms with Crippen LogP contribution in [0.15, 0.2) is 24.3 Å². The molecule has 1 aromatic carbocycles. The van der Waals surface area contributed by atoms with Crippen molar-refractivity contribution >= 4 is 30.0 Å². The van der Waals surface area contributed by atoms with Gasteiger partial charge in [-0.1, -0.05) is 6.07 Å². The summed E-state index contributed by atoms with van der Waals surface area (Å²) in [6.45, 7) is 0. The third-order valence-electron chi connectivity index (χ3n) is 1.71. The molecule has 0 spiro atoms. The fourth-order valence-corrected chi connectivity index (χ4v) is 1.26. The minimum atomic E-state index is -0.928. The van der Waals surface area contributed by atoms with Crippen molar-refractivity contribution in [3.63, 3.8) is 0 Å². The molecule has 0 aliphatic rings. The van der Waals surface area contributed by atoms with Crippen LogP contribution in [0.2, 0.25) is 0 Å². The van der Waals surface area contributed by atoms with Crippen LogP contribution in [-0.4, -0.2) is 22.9 Å². The summed E-state index contributed by atoms with van der Waals surface area (Å²) in [6, 6.07) is 6.24. The number of nitrogens with two attached hydrogens (primary N) is 1. The molecule has 76 valence electrons. The number of aliphatic carboxylic acids is 1. The van der Waals surface area contributed by atoms with E-state index >= 15 is 0 Å². The summed E-state index contributed by atoms with van der Waals surface area (Å²) in [7, 11) is 0. The predicted molar refractivity (Wildman–Crippen MR) is 59.8 cm³/mol. The SMILES string of the molecule is Nc1cccc(N[C@@H](CS)C(=O)O)c1. The van der Waals surface area contributed by atoms with E-state index in [1.54, 1.807) is 24.3 Å². The van der Waals surface area contributed by atoms with Crippen LogP contribution in [0.1, 0.15) is 0 Å². The number of hydrogen-bond acceptors (Lipinski definition) is 4. The van der Waals surface area contributed by atoms with Gasteiger partial charge in [-0.05, 0) is 18.2 Å². The first kappa shape index (κ1) is 10.7. The molecule has 0 radical (unpaired) electrons. The molecule has 1 aromatic rings. The van der Waals surface area contributed by atoms with Crippen LogP contribution in [0.5, 0.6) is 0 Å². The van der Waals surface area contributed by atoms with E-state index in [-0.39, 0.29) is 5.75 Å². The quantitative estimate of drug-likeness (QED) is 0.445. The van der Waals surface area contributed by atoms with Crippen LogP contribution in [0.25, 0.3) is 0 Å². The maximum absolute atomic E-state index is 10.7. The van der Waals surface area contributed by atoms with Crippen LogP contribution in [0.3, 0.4) is 0 Å². The van der Waals surface area contributed by atoms with E-state index in [2.05, 4.69) is 17.9 Å². The van der Waals surface area contributed by atoms with E-state index in [1.807, 2.05) is 0 Å². The highest BCUT2D eigenvalue weighted by Crippen LogP contribution is 2.13. The van der Waals surface area contributed by atoms with Gasteiger partial charge in [0.1, 0.15) is 6.04 Å². The molecule has 4 nitrogen and oxygen atoms in total. The predicted octanol–water partition coefficient (Wildman–Crippen LogP) is 1.06. The first-order chi connectivity index (χ1) is 6.63. The van der Waals surface area contributed by atoms with Gasteiger partial charge in [0.15, 0.2) is 0 Å². The van der Waals surface area contributed by atoms with Crippen LogP contribution in [0, 0.1) is 0 Å². The van der Waals surface area contributed by atoms with E-state index in [1.165, 1.54) is 0 Å². The van der Waals surface area contributed by atoms with E-state index in [9.17, 15) is 4.79 Å². The Morgan fingerprint density at radius 3 is 2.86 bits per heavy atom. The molecule has 14 heavy (non-hydrogen) atoms. The number of carboxylic acids is 1. The number of anilines is 2. The molecule has 0 aromatic heterocycles. The van der Waals surface area contributed by atoms with Gasteiger partial charge in [0.2, 0.25) is 0 Å². The molecule has 1 rings (SSSR count). The molecule has 5 heteroatoms. The zero-order valence-corrected chi connectivity index (χ0v) is 8.37.